The average Bonchev–Trinajstić information content (AvgIpc) is 2.79. The van der Waals surface area contributed by atoms with Crippen molar-refractivity contribution in [3.05, 3.63) is 76.1 Å². The Morgan fingerprint density at radius 1 is 1.00 bits per heavy atom. The number of benzene rings is 2. The van der Waals surface area contributed by atoms with Crippen LogP contribution in [0.4, 0.5) is 5.69 Å². The Labute approximate surface area is 185 Å². The van der Waals surface area contributed by atoms with E-state index in [1.165, 1.54) is 0 Å². The highest BCUT2D eigenvalue weighted by atomic mass is 16.6. The number of rotatable bonds is 5. The number of esters is 2. The fourth-order valence-corrected chi connectivity index (χ4v) is 4.68. The summed E-state index contributed by atoms with van der Waals surface area (Å²) < 4.78 is 16.3. The third kappa shape index (κ3) is 3.25. The molecule has 0 spiro atoms. The molecule has 0 saturated heterocycles. The summed E-state index contributed by atoms with van der Waals surface area (Å²) in [6.07, 6.45) is -0.183. The van der Waals surface area contributed by atoms with Crippen molar-refractivity contribution in [1.82, 2.24) is 0 Å². The molecule has 1 unspecified atom stereocenters. The van der Waals surface area contributed by atoms with E-state index in [1.54, 1.807) is 37.9 Å². The minimum absolute atomic E-state index is 0.0877. The number of hydrogen-bond donors (Lipinski definition) is 0. The molecule has 0 bridgehead atoms. The zero-order chi connectivity index (χ0) is 22.9. The quantitative estimate of drug-likeness (QED) is 0.344. The Morgan fingerprint density at radius 2 is 1.59 bits per heavy atom. The lowest BCUT2D eigenvalue weighted by Crippen LogP contribution is -2.56. The van der Waals surface area contributed by atoms with Gasteiger partial charge in [0, 0.05) is 18.9 Å². The third-order valence-electron chi connectivity index (χ3n) is 5.93. The van der Waals surface area contributed by atoms with E-state index in [-0.39, 0.29) is 25.2 Å². The molecule has 32 heavy (non-hydrogen) atoms. The molecule has 1 aliphatic heterocycles. The van der Waals surface area contributed by atoms with Crippen molar-refractivity contribution in [2.45, 2.75) is 26.3 Å². The van der Waals surface area contributed by atoms with Crippen LogP contribution in [-0.2, 0) is 25.5 Å². The van der Waals surface area contributed by atoms with Crippen molar-refractivity contribution >= 4 is 28.6 Å². The van der Waals surface area contributed by atoms with Gasteiger partial charge in [0.2, 0.25) is 0 Å². The molecule has 0 amide bonds. The second-order valence-corrected chi connectivity index (χ2v) is 7.73. The molecular weight excluding hydrogens is 410 g/mol. The smallest absolute Gasteiger partial charge is 0.341 e. The summed E-state index contributed by atoms with van der Waals surface area (Å²) >= 11 is 0. The maximum absolute atomic E-state index is 13.5. The van der Waals surface area contributed by atoms with Crippen LogP contribution >= 0.6 is 0 Å². The molecule has 7 heteroatoms. The summed E-state index contributed by atoms with van der Waals surface area (Å²) in [6, 6.07) is 15.7. The molecule has 4 rings (SSSR count). The molecule has 0 fully saturated rings. The number of para-hydroxylation sites is 1. The first-order chi connectivity index (χ1) is 15.5. The molecule has 0 saturated carbocycles. The summed E-state index contributed by atoms with van der Waals surface area (Å²) in [6.45, 7) is 3.53. The van der Waals surface area contributed by atoms with Crippen LogP contribution in [0.25, 0.3) is 11.0 Å². The maximum Gasteiger partial charge on any atom is 0.341 e. The normalized spacial score (nSPS) is 17.0. The van der Waals surface area contributed by atoms with Gasteiger partial charge in [-0.3, -0.25) is 9.59 Å². The average molecular weight is 435 g/mol. The van der Waals surface area contributed by atoms with Crippen LogP contribution in [0.1, 0.15) is 31.0 Å². The molecule has 0 N–H and O–H groups in total. The van der Waals surface area contributed by atoms with E-state index in [9.17, 15) is 14.4 Å². The lowest BCUT2D eigenvalue weighted by molar-refractivity contribution is -0.174. The van der Waals surface area contributed by atoms with E-state index in [0.29, 0.717) is 11.3 Å². The van der Waals surface area contributed by atoms with E-state index in [0.717, 1.165) is 10.9 Å². The molecule has 1 aliphatic rings. The number of hydrogen-bond acceptors (Lipinski definition) is 7. The molecule has 2 aromatic carbocycles. The number of ether oxygens (including phenoxy) is 2. The molecule has 1 aromatic heterocycles. The largest absolute Gasteiger partial charge is 0.465 e. The molecule has 166 valence electrons. The van der Waals surface area contributed by atoms with E-state index in [2.05, 4.69) is 0 Å². The van der Waals surface area contributed by atoms with Crippen LogP contribution in [0.3, 0.4) is 0 Å². The Bertz CT molecular complexity index is 1200. The van der Waals surface area contributed by atoms with Crippen LogP contribution in [0.2, 0.25) is 0 Å². The van der Waals surface area contributed by atoms with Crippen molar-refractivity contribution < 1.29 is 23.5 Å². The summed E-state index contributed by atoms with van der Waals surface area (Å²) in [5, 5.41) is 0.729. The Kier molecular flexibility index (Phi) is 5.74. The van der Waals surface area contributed by atoms with Crippen molar-refractivity contribution in [3.8, 4) is 0 Å². The highest BCUT2D eigenvalue weighted by molar-refractivity contribution is 6.04. The number of fused-ring (bicyclic) bond motifs is 3. The van der Waals surface area contributed by atoms with Gasteiger partial charge in [0.25, 0.3) is 0 Å². The number of nitrogens with zero attached hydrogens (tertiary/aromatic N) is 1. The molecule has 0 radical (unpaired) electrons. The second kappa shape index (κ2) is 8.49. The SMILES string of the molecule is CCOC(=O)C1(C(=O)OCC)Cc2c(c3ccccc3oc2=O)N(C)C1c1ccccc1. The van der Waals surface area contributed by atoms with Gasteiger partial charge in [0.15, 0.2) is 5.41 Å². The second-order valence-electron chi connectivity index (χ2n) is 7.73. The molecule has 2 heterocycles. The van der Waals surface area contributed by atoms with Gasteiger partial charge in [-0.15, -0.1) is 0 Å². The molecule has 3 aromatic rings. The first kappa shape index (κ1) is 21.6. The fraction of sp³-hybridized carbons (Fsp3) is 0.320. The zero-order valence-corrected chi connectivity index (χ0v) is 18.3. The predicted molar refractivity (Wildman–Crippen MR) is 119 cm³/mol. The monoisotopic (exact) mass is 435 g/mol. The van der Waals surface area contributed by atoms with E-state index in [1.807, 2.05) is 42.5 Å². The van der Waals surface area contributed by atoms with Crippen molar-refractivity contribution in [2.75, 3.05) is 25.2 Å². The first-order valence-electron chi connectivity index (χ1n) is 10.6. The molecule has 0 aliphatic carbocycles. The van der Waals surface area contributed by atoms with Gasteiger partial charge in [-0.2, -0.15) is 0 Å². The standard InChI is InChI=1S/C25H25NO6/c1-4-30-23(28)25(24(29)31-5-2)15-18-20(17-13-9-10-14-19(17)32-22(18)27)26(3)21(25)16-11-7-6-8-12-16/h6-14,21H,4-5,15H2,1-3H3. The van der Waals surface area contributed by atoms with Crippen molar-refractivity contribution in [1.29, 1.82) is 0 Å². The number of anilines is 1. The lowest BCUT2D eigenvalue weighted by atomic mass is 9.68. The number of carbonyl (C=O) groups is 2. The predicted octanol–water partition coefficient (Wildman–Crippen LogP) is 3.64. The van der Waals surface area contributed by atoms with E-state index in [4.69, 9.17) is 13.9 Å². The molecular formula is C25H25NO6. The Morgan fingerprint density at radius 3 is 2.22 bits per heavy atom. The van der Waals surface area contributed by atoms with Crippen molar-refractivity contribution in [2.24, 2.45) is 5.41 Å². The minimum Gasteiger partial charge on any atom is -0.465 e. The van der Waals surface area contributed by atoms with Gasteiger partial charge in [-0.05, 0) is 31.5 Å². The maximum atomic E-state index is 13.5. The number of carbonyl (C=O) groups excluding carboxylic acids is 2. The summed E-state index contributed by atoms with van der Waals surface area (Å²) in [5.74, 6) is -1.45. The summed E-state index contributed by atoms with van der Waals surface area (Å²) in [4.78, 5) is 41.8. The van der Waals surface area contributed by atoms with Crippen LogP contribution in [0, 0.1) is 5.41 Å². The Balaban J connectivity index is 2.07. The van der Waals surface area contributed by atoms with Gasteiger partial charge < -0.3 is 18.8 Å². The molecule has 1 atom stereocenters. The minimum atomic E-state index is -1.77. The first-order valence-corrected chi connectivity index (χ1v) is 10.6. The highest BCUT2D eigenvalue weighted by Gasteiger charge is 2.60. The van der Waals surface area contributed by atoms with Crippen LogP contribution < -0.4 is 10.5 Å². The van der Waals surface area contributed by atoms with Gasteiger partial charge in [0.05, 0.1) is 30.5 Å². The van der Waals surface area contributed by atoms with Crippen molar-refractivity contribution in [3.63, 3.8) is 0 Å². The van der Waals surface area contributed by atoms with Crippen LogP contribution in [0.5, 0.6) is 0 Å². The zero-order valence-electron chi connectivity index (χ0n) is 18.3. The third-order valence-corrected chi connectivity index (χ3v) is 5.93. The van der Waals surface area contributed by atoms with E-state index < -0.39 is 29.0 Å². The van der Waals surface area contributed by atoms with Gasteiger partial charge in [0.1, 0.15) is 5.58 Å². The van der Waals surface area contributed by atoms with E-state index >= 15 is 0 Å². The molecule has 7 nitrogen and oxygen atoms in total. The van der Waals surface area contributed by atoms with Crippen LogP contribution in [-0.4, -0.2) is 32.2 Å². The topological polar surface area (TPSA) is 86.0 Å². The highest BCUT2D eigenvalue weighted by Crippen LogP contribution is 2.51. The van der Waals surface area contributed by atoms with Crippen LogP contribution in [0.15, 0.2) is 63.8 Å². The fourth-order valence-electron chi connectivity index (χ4n) is 4.68. The summed E-state index contributed by atoms with van der Waals surface area (Å²) in [5.41, 5.74) is -0.301. The summed E-state index contributed by atoms with van der Waals surface area (Å²) in [7, 11) is 1.77. The van der Waals surface area contributed by atoms with Gasteiger partial charge in [-0.1, -0.05) is 42.5 Å². The Hall–Kier alpha value is -3.61. The van der Waals surface area contributed by atoms with Gasteiger partial charge in [-0.25, -0.2) is 4.79 Å². The van der Waals surface area contributed by atoms with Gasteiger partial charge >= 0.3 is 17.6 Å². The lowest BCUT2D eigenvalue weighted by Gasteiger charge is -2.46.